The quantitative estimate of drug-likeness (QED) is 0.391. The van der Waals surface area contributed by atoms with Gasteiger partial charge >= 0.3 is 0 Å². The molecule has 12 heteroatoms. The number of hydrogen-bond donors (Lipinski definition) is 4. The number of phenols is 1. The molecule has 1 aromatic carbocycles. The number of aliphatic hydroxyl groups is 1. The summed E-state index contributed by atoms with van der Waals surface area (Å²) in [5.74, 6) is -0.192. The van der Waals surface area contributed by atoms with Crippen LogP contribution in [0, 0.1) is 12.7 Å². The van der Waals surface area contributed by atoms with Gasteiger partial charge in [-0.3, -0.25) is 14.6 Å². The number of rotatable bonds is 8. The first-order chi connectivity index (χ1) is 18.2. The summed E-state index contributed by atoms with van der Waals surface area (Å²) < 4.78 is 14.0. The largest absolute Gasteiger partial charge is 0.508 e. The van der Waals surface area contributed by atoms with Crippen LogP contribution in [0.15, 0.2) is 12.1 Å². The molecular formula is C26H37ClFN7O3. The van der Waals surface area contributed by atoms with Crippen LogP contribution in [0.3, 0.4) is 0 Å². The fourth-order valence-electron chi connectivity index (χ4n) is 5.43. The first-order valence-electron chi connectivity index (χ1n) is 13.1. The average molecular weight is 550 g/mol. The number of phenolic OH excluding ortho intramolecular Hbond substituents is 1. The summed E-state index contributed by atoms with van der Waals surface area (Å²) in [4.78, 5) is 27.8. The molecule has 4 rings (SSSR count). The SMILES string of the molecule is CC[C@H]1CN(c2nc(N)c(C(=O)NCCO)nc2Cl)CCN1C1CCN(Cc2cc(F)c(C)cc2O)CC1. The van der Waals surface area contributed by atoms with Crippen LogP contribution in [-0.4, -0.2) is 93.8 Å². The molecule has 2 aliphatic heterocycles. The number of amides is 1. The molecule has 2 fully saturated rings. The van der Waals surface area contributed by atoms with Crippen molar-refractivity contribution >= 4 is 29.1 Å². The van der Waals surface area contributed by atoms with Crippen molar-refractivity contribution in [1.29, 1.82) is 0 Å². The lowest BCUT2D eigenvalue weighted by Crippen LogP contribution is -2.58. The number of carbonyl (C=O) groups excluding carboxylic acids is 1. The van der Waals surface area contributed by atoms with Crippen molar-refractivity contribution in [2.24, 2.45) is 0 Å². The van der Waals surface area contributed by atoms with E-state index in [1.165, 1.54) is 12.1 Å². The zero-order chi connectivity index (χ0) is 27.4. The van der Waals surface area contributed by atoms with E-state index in [4.69, 9.17) is 22.4 Å². The lowest BCUT2D eigenvalue weighted by atomic mass is 9.97. The van der Waals surface area contributed by atoms with Crippen LogP contribution in [0.5, 0.6) is 5.75 Å². The van der Waals surface area contributed by atoms with Crippen LogP contribution < -0.4 is 16.0 Å². The maximum Gasteiger partial charge on any atom is 0.273 e. The predicted octanol–water partition coefficient (Wildman–Crippen LogP) is 2.15. The maximum absolute atomic E-state index is 14.0. The zero-order valence-electron chi connectivity index (χ0n) is 22.0. The van der Waals surface area contributed by atoms with Crippen LogP contribution in [0.1, 0.15) is 47.8 Å². The Morgan fingerprint density at radius 2 is 1.97 bits per heavy atom. The third kappa shape index (κ3) is 6.28. The topological polar surface area (TPSA) is 131 Å². The number of nitrogens with two attached hydrogens (primary N) is 1. The highest BCUT2D eigenvalue weighted by Gasteiger charge is 2.34. The number of halogens is 2. The summed E-state index contributed by atoms with van der Waals surface area (Å²) in [6.45, 7) is 8.27. The predicted molar refractivity (Wildman–Crippen MR) is 145 cm³/mol. The summed E-state index contributed by atoms with van der Waals surface area (Å²) >= 11 is 6.44. The first kappa shape index (κ1) is 28.3. The van der Waals surface area contributed by atoms with Gasteiger partial charge in [-0.2, -0.15) is 0 Å². The Hall–Kier alpha value is -2.73. The molecule has 0 spiro atoms. The molecule has 3 heterocycles. The Balaban J connectivity index is 1.36. The number of hydrogen-bond acceptors (Lipinski definition) is 9. The standard InChI is InChI=1S/C26H37ClFN7O3/c1-3-18-15-34(25-23(27)31-22(24(29)32-25)26(38)30-6-11-36)9-10-35(18)19-4-7-33(8-5-19)14-17-13-20(28)16(2)12-21(17)37/h12-13,18-19,36-37H,3-11,14-15H2,1-2H3,(H2,29,32)(H,30,38)/t18-/m0/s1. The average Bonchev–Trinajstić information content (AvgIpc) is 2.91. The highest BCUT2D eigenvalue weighted by Crippen LogP contribution is 2.30. The van der Waals surface area contributed by atoms with Gasteiger partial charge in [-0.25, -0.2) is 14.4 Å². The van der Waals surface area contributed by atoms with Crippen molar-refractivity contribution in [2.75, 3.05) is 56.5 Å². The van der Waals surface area contributed by atoms with E-state index in [9.17, 15) is 14.3 Å². The van der Waals surface area contributed by atoms with E-state index in [-0.39, 0.29) is 41.4 Å². The fourth-order valence-corrected chi connectivity index (χ4v) is 5.68. The number of anilines is 2. The molecule has 0 bridgehead atoms. The molecule has 1 atom stereocenters. The van der Waals surface area contributed by atoms with Gasteiger partial charge in [0.15, 0.2) is 22.5 Å². The van der Waals surface area contributed by atoms with Gasteiger partial charge in [0.2, 0.25) is 0 Å². The number of aliphatic hydroxyl groups excluding tert-OH is 1. The van der Waals surface area contributed by atoms with Crippen LogP contribution in [0.25, 0.3) is 0 Å². The van der Waals surface area contributed by atoms with Gasteiger partial charge in [-0.1, -0.05) is 18.5 Å². The number of aromatic hydroxyl groups is 1. The number of nitrogens with zero attached hydrogens (tertiary/aromatic N) is 5. The number of aryl methyl sites for hydroxylation is 1. The summed E-state index contributed by atoms with van der Waals surface area (Å²) in [6, 6.07) is 3.66. The third-order valence-electron chi connectivity index (χ3n) is 7.55. The monoisotopic (exact) mass is 549 g/mol. The number of nitrogens with one attached hydrogen (secondary N) is 1. The van der Waals surface area contributed by atoms with Crippen molar-refractivity contribution in [1.82, 2.24) is 25.1 Å². The second kappa shape index (κ2) is 12.4. The third-order valence-corrected chi connectivity index (χ3v) is 7.81. The molecule has 0 aliphatic carbocycles. The molecular weight excluding hydrogens is 513 g/mol. The van der Waals surface area contributed by atoms with Crippen LogP contribution >= 0.6 is 11.6 Å². The van der Waals surface area contributed by atoms with E-state index in [1.807, 2.05) is 0 Å². The van der Waals surface area contributed by atoms with E-state index in [2.05, 4.69) is 36.9 Å². The zero-order valence-corrected chi connectivity index (χ0v) is 22.7. The number of likely N-dealkylation sites (tertiary alicyclic amines) is 1. The molecule has 1 aromatic heterocycles. The molecule has 1 amide bonds. The molecule has 2 aliphatic rings. The van der Waals surface area contributed by atoms with Crippen molar-refractivity contribution in [3.05, 3.63) is 39.9 Å². The van der Waals surface area contributed by atoms with Gasteiger partial charge in [-0.05, 0) is 57.0 Å². The number of nitrogen functional groups attached to an aromatic ring is 1. The smallest absolute Gasteiger partial charge is 0.273 e. The van der Waals surface area contributed by atoms with Gasteiger partial charge in [-0.15, -0.1) is 0 Å². The highest BCUT2D eigenvalue weighted by atomic mass is 35.5. The van der Waals surface area contributed by atoms with E-state index in [0.29, 0.717) is 42.1 Å². The van der Waals surface area contributed by atoms with Gasteiger partial charge in [0.25, 0.3) is 5.91 Å². The molecule has 208 valence electrons. The van der Waals surface area contributed by atoms with Crippen molar-refractivity contribution in [3.8, 4) is 5.75 Å². The number of piperidine rings is 1. The highest BCUT2D eigenvalue weighted by molar-refractivity contribution is 6.32. The Morgan fingerprint density at radius 3 is 2.66 bits per heavy atom. The number of benzene rings is 1. The number of aromatic nitrogens is 2. The van der Waals surface area contributed by atoms with E-state index in [1.54, 1.807) is 6.92 Å². The van der Waals surface area contributed by atoms with Crippen LogP contribution in [-0.2, 0) is 6.54 Å². The van der Waals surface area contributed by atoms with Crippen molar-refractivity contribution in [3.63, 3.8) is 0 Å². The molecule has 2 aromatic rings. The fraction of sp³-hybridized carbons (Fsp3) is 0.577. The first-order valence-corrected chi connectivity index (χ1v) is 13.5. The molecule has 38 heavy (non-hydrogen) atoms. The van der Waals surface area contributed by atoms with Crippen LogP contribution in [0.2, 0.25) is 5.15 Å². The molecule has 0 saturated carbocycles. The summed E-state index contributed by atoms with van der Waals surface area (Å²) in [5.41, 5.74) is 7.06. The summed E-state index contributed by atoms with van der Waals surface area (Å²) in [6.07, 6.45) is 2.95. The summed E-state index contributed by atoms with van der Waals surface area (Å²) in [7, 11) is 0. The molecule has 5 N–H and O–H groups in total. The van der Waals surface area contributed by atoms with Gasteiger partial charge < -0.3 is 26.2 Å². The molecule has 10 nitrogen and oxygen atoms in total. The molecule has 0 unspecified atom stereocenters. The van der Waals surface area contributed by atoms with Gasteiger partial charge in [0.05, 0.1) is 6.61 Å². The number of piperazine rings is 1. The molecule has 0 radical (unpaired) electrons. The number of carbonyl (C=O) groups is 1. The lowest BCUT2D eigenvalue weighted by molar-refractivity contribution is 0.0608. The Labute approximate surface area is 227 Å². The van der Waals surface area contributed by atoms with E-state index in [0.717, 1.165) is 45.4 Å². The Kier molecular flexibility index (Phi) is 9.24. The normalized spacial score (nSPS) is 19.6. The van der Waals surface area contributed by atoms with Crippen molar-refractivity contribution in [2.45, 2.75) is 51.7 Å². The second-order valence-corrected chi connectivity index (χ2v) is 10.4. The minimum Gasteiger partial charge on any atom is -0.508 e. The van der Waals surface area contributed by atoms with Crippen molar-refractivity contribution < 1.29 is 19.4 Å². The second-order valence-electron chi connectivity index (χ2n) is 10.0. The van der Waals surface area contributed by atoms with Gasteiger partial charge in [0.1, 0.15) is 11.6 Å². The van der Waals surface area contributed by atoms with E-state index >= 15 is 0 Å². The van der Waals surface area contributed by atoms with Crippen LogP contribution in [0.4, 0.5) is 16.0 Å². The molecule has 2 saturated heterocycles. The Morgan fingerprint density at radius 1 is 1.24 bits per heavy atom. The Bertz CT molecular complexity index is 1150. The minimum absolute atomic E-state index is 0.00202. The maximum atomic E-state index is 14.0. The van der Waals surface area contributed by atoms with Gasteiger partial charge in [0, 0.05) is 50.4 Å². The van der Waals surface area contributed by atoms with E-state index < -0.39 is 5.91 Å². The minimum atomic E-state index is -0.525. The lowest BCUT2D eigenvalue weighted by Gasteiger charge is -2.47. The summed E-state index contributed by atoms with van der Waals surface area (Å²) in [5, 5.41) is 21.8.